The lowest BCUT2D eigenvalue weighted by molar-refractivity contribution is -0.123. The number of hydrogen-bond donors (Lipinski definition) is 2. The lowest BCUT2D eigenvalue weighted by Gasteiger charge is -2.31. The van der Waals surface area contributed by atoms with Crippen LogP contribution in [0.25, 0.3) is 0 Å². The summed E-state index contributed by atoms with van der Waals surface area (Å²) in [6.45, 7) is 1.02. The molecule has 1 saturated heterocycles. The summed E-state index contributed by atoms with van der Waals surface area (Å²) in [6, 6.07) is 5.16. The van der Waals surface area contributed by atoms with Gasteiger partial charge < -0.3 is 16.4 Å². The van der Waals surface area contributed by atoms with Gasteiger partial charge in [0.25, 0.3) is 5.91 Å². The minimum atomic E-state index is -0.346. The molecule has 1 aromatic carbocycles. The van der Waals surface area contributed by atoms with Gasteiger partial charge in [-0.2, -0.15) is 0 Å². The van der Waals surface area contributed by atoms with Gasteiger partial charge >= 0.3 is 0 Å². The Morgan fingerprint density at radius 1 is 1.35 bits per heavy atom. The van der Waals surface area contributed by atoms with Crippen LogP contribution in [-0.2, 0) is 4.79 Å². The number of nitrogen functional groups attached to an aromatic ring is 1. The van der Waals surface area contributed by atoms with Crippen molar-refractivity contribution in [3.8, 4) is 0 Å². The number of carbonyl (C=O) groups excluding carboxylic acids is 2. The smallest absolute Gasteiger partial charge is 0.255 e. The molecule has 1 aliphatic rings. The Hall–Kier alpha value is -1.27. The molecule has 5 nitrogen and oxygen atoms in total. The first-order valence-corrected chi connectivity index (χ1v) is 6.92. The molecule has 0 aliphatic carbocycles. The molecule has 4 N–H and O–H groups in total. The summed E-state index contributed by atoms with van der Waals surface area (Å²) in [6.07, 6.45) is 1.53. The Balaban J connectivity index is 0.00000200. The zero-order chi connectivity index (χ0) is 14.0. The topological polar surface area (TPSA) is 89.4 Å². The van der Waals surface area contributed by atoms with Gasteiger partial charge in [-0.15, -0.1) is 12.4 Å². The van der Waals surface area contributed by atoms with E-state index in [0.717, 1.165) is 17.3 Å². The van der Waals surface area contributed by atoms with Crippen LogP contribution in [-0.4, -0.2) is 29.8 Å². The maximum atomic E-state index is 12.4. The van der Waals surface area contributed by atoms with Gasteiger partial charge in [0.2, 0.25) is 5.91 Å². The van der Waals surface area contributed by atoms with E-state index in [-0.39, 0.29) is 30.1 Å². The third kappa shape index (κ3) is 3.64. The Morgan fingerprint density at radius 3 is 2.65 bits per heavy atom. The van der Waals surface area contributed by atoms with E-state index in [1.54, 1.807) is 23.1 Å². The molecule has 0 aromatic heterocycles. The Labute approximate surface area is 132 Å². The van der Waals surface area contributed by atoms with Crippen molar-refractivity contribution in [1.29, 1.82) is 0 Å². The SMILES string of the molecule is Cl.NC(=O)C1CCCN(C(=O)c2ccc(Br)cc2N)C1. The van der Waals surface area contributed by atoms with Crippen molar-refractivity contribution in [2.24, 2.45) is 11.7 Å². The van der Waals surface area contributed by atoms with Gasteiger partial charge in [-0.05, 0) is 31.0 Å². The summed E-state index contributed by atoms with van der Waals surface area (Å²) in [4.78, 5) is 25.3. The van der Waals surface area contributed by atoms with Crippen molar-refractivity contribution in [1.82, 2.24) is 4.90 Å². The molecule has 1 unspecified atom stereocenters. The van der Waals surface area contributed by atoms with Crippen LogP contribution in [0.15, 0.2) is 22.7 Å². The number of rotatable bonds is 2. The van der Waals surface area contributed by atoms with Crippen molar-refractivity contribution in [3.63, 3.8) is 0 Å². The van der Waals surface area contributed by atoms with E-state index in [4.69, 9.17) is 11.5 Å². The van der Waals surface area contributed by atoms with Gasteiger partial charge in [-0.25, -0.2) is 0 Å². The minimum absolute atomic E-state index is 0. The standard InChI is InChI=1S/C13H16BrN3O2.ClH/c14-9-3-4-10(11(15)6-9)13(19)17-5-1-2-8(7-17)12(16)18;/h3-4,6,8H,1-2,5,7,15H2,(H2,16,18);1H. The van der Waals surface area contributed by atoms with E-state index in [1.807, 2.05) is 0 Å². The largest absolute Gasteiger partial charge is 0.398 e. The molecular formula is C13H17BrClN3O2. The molecule has 1 fully saturated rings. The van der Waals surface area contributed by atoms with Gasteiger partial charge in [0.15, 0.2) is 0 Å². The fourth-order valence-electron chi connectivity index (χ4n) is 2.29. The van der Waals surface area contributed by atoms with Crippen molar-refractivity contribution in [3.05, 3.63) is 28.2 Å². The van der Waals surface area contributed by atoms with Crippen LogP contribution in [0, 0.1) is 5.92 Å². The average Bonchev–Trinajstić information content (AvgIpc) is 2.38. The first-order valence-electron chi connectivity index (χ1n) is 6.12. The molecule has 1 heterocycles. The molecule has 2 rings (SSSR count). The number of amides is 2. The highest BCUT2D eigenvalue weighted by atomic mass is 79.9. The number of halogens is 2. The van der Waals surface area contributed by atoms with Gasteiger partial charge in [0, 0.05) is 23.2 Å². The number of carbonyl (C=O) groups is 2. The maximum absolute atomic E-state index is 12.4. The summed E-state index contributed by atoms with van der Waals surface area (Å²) in [5.41, 5.74) is 12.1. The highest BCUT2D eigenvalue weighted by Crippen LogP contribution is 2.23. The van der Waals surface area contributed by atoms with Crippen LogP contribution < -0.4 is 11.5 Å². The van der Waals surface area contributed by atoms with Gasteiger partial charge in [-0.1, -0.05) is 15.9 Å². The van der Waals surface area contributed by atoms with Gasteiger partial charge in [0.1, 0.15) is 0 Å². The second kappa shape index (κ2) is 6.95. The fraction of sp³-hybridized carbons (Fsp3) is 0.385. The van der Waals surface area contributed by atoms with Crippen LogP contribution in [0.4, 0.5) is 5.69 Å². The summed E-state index contributed by atoms with van der Waals surface area (Å²) in [5.74, 6) is -0.744. The van der Waals surface area contributed by atoms with Gasteiger partial charge in [0.05, 0.1) is 11.5 Å². The zero-order valence-electron chi connectivity index (χ0n) is 10.8. The number of nitrogens with zero attached hydrogens (tertiary/aromatic N) is 1. The molecule has 110 valence electrons. The molecule has 0 radical (unpaired) electrons. The second-order valence-corrected chi connectivity index (χ2v) is 5.64. The highest BCUT2D eigenvalue weighted by molar-refractivity contribution is 9.10. The Kier molecular flexibility index (Phi) is 5.83. The summed E-state index contributed by atoms with van der Waals surface area (Å²) in [5, 5.41) is 0. The molecule has 0 spiro atoms. The van der Waals surface area contributed by atoms with Crippen LogP contribution in [0.1, 0.15) is 23.2 Å². The summed E-state index contributed by atoms with van der Waals surface area (Å²) in [7, 11) is 0. The molecule has 7 heteroatoms. The quantitative estimate of drug-likeness (QED) is 0.786. The molecule has 0 bridgehead atoms. The maximum Gasteiger partial charge on any atom is 0.255 e. The molecule has 1 atom stereocenters. The number of primary amides is 1. The van der Waals surface area contributed by atoms with Crippen LogP contribution >= 0.6 is 28.3 Å². The third-order valence-corrected chi connectivity index (χ3v) is 3.85. The van der Waals surface area contributed by atoms with E-state index in [9.17, 15) is 9.59 Å². The van der Waals surface area contributed by atoms with Crippen LogP contribution in [0.2, 0.25) is 0 Å². The molecule has 1 aliphatic heterocycles. The molecular weight excluding hydrogens is 346 g/mol. The predicted octanol–water partition coefficient (Wildman–Crippen LogP) is 1.79. The number of nitrogens with two attached hydrogens (primary N) is 2. The van der Waals surface area contributed by atoms with Crippen molar-refractivity contribution in [2.45, 2.75) is 12.8 Å². The Bertz CT molecular complexity index is 524. The van der Waals surface area contributed by atoms with Gasteiger partial charge in [-0.3, -0.25) is 9.59 Å². The first kappa shape index (κ1) is 16.8. The van der Waals surface area contributed by atoms with Crippen molar-refractivity contribution in [2.75, 3.05) is 18.8 Å². The highest BCUT2D eigenvalue weighted by Gasteiger charge is 2.28. The first-order chi connectivity index (χ1) is 8.99. The molecule has 1 aromatic rings. The second-order valence-electron chi connectivity index (χ2n) is 4.72. The minimum Gasteiger partial charge on any atom is -0.398 e. The van der Waals surface area contributed by atoms with E-state index < -0.39 is 0 Å². The lowest BCUT2D eigenvalue weighted by Crippen LogP contribution is -2.44. The summed E-state index contributed by atoms with van der Waals surface area (Å²) >= 11 is 3.30. The van der Waals surface area contributed by atoms with E-state index in [1.165, 1.54) is 0 Å². The normalized spacial score (nSPS) is 18.2. The molecule has 2 amide bonds. The average molecular weight is 363 g/mol. The third-order valence-electron chi connectivity index (χ3n) is 3.35. The lowest BCUT2D eigenvalue weighted by atomic mass is 9.96. The summed E-state index contributed by atoms with van der Waals surface area (Å²) < 4.78 is 0.829. The number of piperidine rings is 1. The van der Waals surface area contributed by atoms with Crippen molar-refractivity contribution < 1.29 is 9.59 Å². The number of anilines is 1. The van der Waals surface area contributed by atoms with E-state index >= 15 is 0 Å². The van der Waals surface area contributed by atoms with Crippen molar-refractivity contribution >= 4 is 45.8 Å². The monoisotopic (exact) mass is 361 g/mol. The fourth-order valence-corrected chi connectivity index (χ4v) is 2.67. The number of likely N-dealkylation sites (tertiary alicyclic amines) is 1. The zero-order valence-corrected chi connectivity index (χ0v) is 13.2. The van der Waals surface area contributed by atoms with Crippen LogP contribution in [0.5, 0.6) is 0 Å². The molecule has 0 saturated carbocycles. The number of hydrogen-bond acceptors (Lipinski definition) is 3. The van der Waals surface area contributed by atoms with E-state index in [0.29, 0.717) is 24.3 Å². The van der Waals surface area contributed by atoms with E-state index in [2.05, 4.69) is 15.9 Å². The predicted molar refractivity (Wildman–Crippen MR) is 83.6 cm³/mol. The number of benzene rings is 1. The molecule has 20 heavy (non-hydrogen) atoms. The van der Waals surface area contributed by atoms with Crippen LogP contribution in [0.3, 0.4) is 0 Å². The Morgan fingerprint density at radius 2 is 2.05 bits per heavy atom.